The van der Waals surface area contributed by atoms with Crippen LogP contribution in [-0.2, 0) is 19.8 Å². The minimum atomic E-state index is -4.26. The van der Waals surface area contributed by atoms with Crippen molar-refractivity contribution < 1.29 is 13.2 Å². The highest BCUT2D eigenvalue weighted by atomic mass is 32.1. The molecule has 22 heavy (non-hydrogen) atoms. The molecular weight excluding hydrogens is 313 g/mol. The van der Waals surface area contributed by atoms with Gasteiger partial charge in [-0.3, -0.25) is 4.90 Å². The first-order chi connectivity index (χ1) is 10.4. The maximum absolute atomic E-state index is 12.7. The van der Waals surface area contributed by atoms with Gasteiger partial charge in [0.1, 0.15) is 10.7 Å². The molecule has 8 heteroatoms. The highest BCUT2D eigenvalue weighted by Gasteiger charge is 2.33. The van der Waals surface area contributed by atoms with Crippen LogP contribution in [0, 0.1) is 0 Å². The highest BCUT2D eigenvalue weighted by molar-refractivity contribution is 7.12. The first-order valence-electron chi connectivity index (χ1n) is 7.03. The summed E-state index contributed by atoms with van der Waals surface area (Å²) in [5.41, 5.74) is 0. The molecule has 2 aromatic heterocycles. The van der Waals surface area contributed by atoms with Crippen molar-refractivity contribution in [1.29, 1.82) is 0 Å². The van der Waals surface area contributed by atoms with Crippen LogP contribution in [0.5, 0.6) is 0 Å². The van der Waals surface area contributed by atoms with Gasteiger partial charge in [-0.05, 0) is 12.1 Å². The maximum Gasteiger partial charge on any atom is 0.425 e. The van der Waals surface area contributed by atoms with E-state index in [-0.39, 0.29) is 6.04 Å². The van der Waals surface area contributed by atoms with Crippen molar-refractivity contribution >= 4 is 11.3 Å². The number of aryl methyl sites for hydroxylation is 1. The second-order valence-corrected chi connectivity index (χ2v) is 6.52. The van der Waals surface area contributed by atoms with Gasteiger partial charge in [-0.2, -0.15) is 13.2 Å². The third kappa shape index (κ3) is 3.18. The second-order valence-electron chi connectivity index (χ2n) is 5.35. The van der Waals surface area contributed by atoms with E-state index in [0.29, 0.717) is 6.54 Å². The summed E-state index contributed by atoms with van der Waals surface area (Å²) in [6.07, 6.45) is -0.629. The number of nitrogens with one attached hydrogen (secondary N) is 1. The SMILES string of the molecule is Cn1ccnc1C1CNCCN1Cc1ccc(C(F)(F)F)s1. The fourth-order valence-corrected chi connectivity index (χ4v) is 3.60. The molecule has 1 saturated heterocycles. The zero-order valence-corrected chi connectivity index (χ0v) is 12.9. The molecule has 0 radical (unpaired) electrons. The van der Waals surface area contributed by atoms with Gasteiger partial charge in [0, 0.05) is 50.5 Å². The van der Waals surface area contributed by atoms with Crippen molar-refractivity contribution in [2.45, 2.75) is 18.8 Å². The zero-order chi connectivity index (χ0) is 15.7. The molecule has 0 aliphatic carbocycles. The Morgan fingerprint density at radius 3 is 2.86 bits per heavy atom. The van der Waals surface area contributed by atoms with Crippen LogP contribution in [0.3, 0.4) is 0 Å². The van der Waals surface area contributed by atoms with Crippen molar-refractivity contribution in [2.24, 2.45) is 7.05 Å². The van der Waals surface area contributed by atoms with Crippen LogP contribution in [0.1, 0.15) is 21.6 Å². The average molecular weight is 330 g/mol. The van der Waals surface area contributed by atoms with Gasteiger partial charge in [-0.15, -0.1) is 11.3 Å². The number of aromatic nitrogens is 2. The summed E-state index contributed by atoms with van der Waals surface area (Å²) < 4.78 is 40.1. The van der Waals surface area contributed by atoms with Crippen LogP contribution < -0.4 is 5.32 Å². The average Bonchev–Trinajstić information content (AvgIpc) is 3.08. The van der Waals surface area contributed by atoms with Gasteiger partial charge in [0.05, 0.1) is 6.04 Å². The maximum atomic E-state index is 12.7. The molecule has 3 heterocycles. The standard InChI is InChI=1S/C14H17F3N4S/c1-20-6-5-19-13(20)11-8-18-4-7-21(11)9-10-2-3-12(22-10)14(15,16)17/h2-3,5-6,11,18H,4,7-9H2,1H3. The fraction of sp³-hybridized carbons (Fsp3) is 0.500. The molecule has 120 valence electrons. The summed E-state index contributed by atoms with van der Waals surface area (Å²) in [7, 11) is 1.93. The van der Waals surface area contributed by atoms with Crippen LogP contribution in [0.25, 0.3) is 0 Å². The van der Waals surface area contributed by atoms with E-state index in [2.05, 4.69) is 15.2 Å². The molecule has 1 aliphatic heterocycles. The Balaban J connectivity index is 1.77. The lowest BCUT2D eigenvalue weighted by atomic mass is 10.1. The summed E-state index contributed by atoms with van der Waals surface area (Å²) in [6, 6.07) is 2.81. The van der Waals surface area contributed by atoms with E-state index < -0.39 is 11.1 Å². The molecule has 0 bridgehead atoms. The number of halogens is 3. The number of rotatable bonds is 3. The third-order valence-corrected chi connectivity index (χ3v) is 4.93. The minimum absolute atomic E-state index is 0.0742. The smallest absolute Gasteiger partial charge is 0.337 e. The highest BCUT2D eigenvalue weighted by Crippen LogP contribution is 2.35. The lowest BCUT2D eigenvalue weighted by Crippen LogP contribution is -2.46. The molecule has 0 amide bonds. The summed E-state index contributed by atoms with van der Waals surface area (Å²) in [5.74, 6) is 0.930. The zero-order valence-electron chi connectivity index (χ0n) is 12.1. The molecule has 0 spiro atoms. The molecule has 0 saturated carbocycles. The summed E-state index contributed by atoms with van der Waals surface area (Å²) in [5, 5.41) is 3.32. The van der Waals surface area contributed by atoms with E-state index in [1.807, 2.05) is 17.8 Å². The van der Waals surface area contributed by atoms with E-state index in [1.54, 1.807) is 12.3 Å². The monoisotopic (exact) mass is 330 g/mol. The number of hydrogen-bond donors (Lipinski definition) is 1. The van der Waals surface area contributed by atoms with Crippen molar-refractivity contribution in [1.82, 2.24) is 19.8 Å². The number of thiophene rings is 1. The molecule has 1 aliphatic rings. The Morgan fingerprint density at radius 2 is 2.23 bits per heavy atom. The molecule has 4 nitrogen and oxygen atoms in total. The van der Waals surface area contributed by atoms with Gasteiger partial charge in [0.15, 0.2) is 0 Å². The van der Waals surface area contributed by atoms with Crippen molar-refractivity contribution in [2.75, 3.05) is 19.6 Å². The Hall–Kier alpha value is -1.38. The Kier molecular flexibility index (Phi) is 4.24. The van der Waals surface area contributed by atoms with Crippen LogP contribution in [-0.4, -0.2) is 34.1 Å². The molecule has 3 rings (SSSR count). The number of piperazine rings is 1. The lowest BCUT2D eigenvalue weighted by molar-refractivity contribution is -0.134. The van der Waals surface area contributed by atoms with Crippen molar-refractivity contribution in [3.05, 3.63) is 40.1 Å². The molecule has 2 aromatic rings. The van der Waals surface area contributed by atoms with Gasteiger partial charge in [0.2, 0.25) is 0 Å². The molecule has 1 unspecified atom stereocenters. The first kappa shape index (κ1) is 15.5. The predicted molar refractivity (Wildman–Crippen MR) is 78.5 cm³/mol. The Bertz CT molecular complexity index is 634. The third-order valence-electron chi connectivity index (χ3n) is 3.81. The molecule has 1 fully saturated rings. The van der Waals surface area contributed by atoms with Crippen LogP contribution in [0.4, 0.5) is 13.2 Å². The largest absolute Gasteiger partial charge is 0.425 e. The van der Waals surface area contributed by atoms with Gasteiger partial charge in [-0.1, -0.05) is 0 Å². The van der Waals surface area contributed by atoms with Crippen LogP contribution in [0.2, 0.25) is 0 Å². The Labute approximate surface area is 130 Å². The molecule has 1 N–H and O–H groups in total. The lowest BCUT2D eigenvalue weighted by Gasteiger charge is -2.35. The number of alkyl halides is 3. The quantitative estimate of drug-likeness (QED) is 0.939. The van der Waals surface area contributed by atoms with Gasteiger partial charge >= 0.3 is 6.18 Å². The van der Waals surface area contributed by atoms with E-state index in [9.17, 15) is 13.2 Å². The number of nitrogens with zero attached hydrogens (tertiary/aromatic N) is 3. The van der Waals surface area contributed by atoms with E-state index >= 15 is 0 Å². The van der Waals surface area contributed by atoms with Gasteiger partial charge < -0.3 is 9.88 Å². The molecular formula is C14H17F3N4S. The predicted octanol–water partition coefficient (Wildman–Crippen LogP) is 2.65. The Morgan fingerprint density at radius 1 is 1.41 bits per heavy atom. The van der Waals surface area contributed by atoms with E-state index in [1.165, 1.54) is 0 Å². The van der Waals surface area contributed by atoms with E-state index in [0.717, 1.165) is 47.7 Å². The molecule has 1 atom stereocenters. The number of hydrogen-bond acceptors (Lipinski definition) is 4. The van der Waals surface area contributed by atoms with Crippen LogP contribution in [0.15, 0.2) is 24.5 Å². The summed E-state index contributed by atoms with van der Waals surface area (Å²) in [6.45, 7) is 2.89. The topological polar surface area (TPSA) is 33.1 Å². The second kappa shape index (κ2) is 6.02. The van der Waals surface area contributed by atoms with Crippen molar-refractivity contribution in [3.63, 3.8) is 0 Å². The minimum Gasteiger partial charge on any atom is -0.337 e. The first-order valence-corrected chi connectivity index (χ1v) is 7.84. The van der Waals surface area contributed by atoms with Gasteiger partial charge in [-0.25, -0.2) is 4.98 Å². The van der Waals surface area contributed by atoms with Crippen LogP contribution >= 0.6 is 11.3 Å². The fourth-order valence-electron chi connectivity index (χ4n) is 2.70. The van der Waals surface area contributed by atoms with Crippen molar-refractivity contribution in [3.8, 4) is 0 Å². The van der Waals surface area contributed by atoms with E-state index in [4.69, 9.17) is 0 Å². The number of imidazole rings is 1. The summed E-state index contributed by atoms with van der Waals surface area (Å²) in [4.78, 5) is 6.76. The van der Waals surface area contributed by atoms with Gasteiger partial charge in [0.25, 0.3) is 0 Å². The normalized spacial score (nSPS) is 20.5. The summed E-state index contributed by atoms with van der Waals surface area (Å²) >= 11 is 0.823. The molecule has 0 aromatic carbocycles.